The number of hydrogen-bond donors (Lipinski definition) is 2. The van der Waals surface area contributed by atoms with Crippen LogP contribution in [0.3, 0.4) is 0 Å². The van der Waals surface area contributed by atoms with Crippen LogP contribution in [0, 0.1) is 0 Å². The zero-order valence-electron chi connectivity index (χ0n) is 10.6. The molecular weight excluding hydrogens is 264 g/mol. The Kier molecular flexibility index (Phi) is 4.54. The molecule has 106 valence electrons. The quantitative estimate of drug-likeness (QED) is 0.614. The number of urea groups is 1. The second kappa shape index (κ2) is 6.55. The molecule has 3 amide bonds. The predicted molar refractivity (Wildman–Crippen MR) is 68.4 cm³/mol. The van der Waals surface area contributed by atoms with Crippen molar-refractivity contribution < 1.29 is 23.5 Å². The number of carbonyl (C=O) groups is 3. The smallest absolute Gasteiger partial charge is 0.331 e. The lowest BCUT2D eigenvalue weighted by Crippen LogP contribution is -2.42. The minimum atomic E-state index is -0.695. The largest absolute Gasteiger partial charge is 0.465 e. The molecule has 20 heavy (non-hydrogen) atoms. The zero-order valence-corrected chi connectivity index (χ0v) is 10.6. The SMILES string of the molecule is O=C(COC(=O)/C=C/c1ccco1)NC(=O)NC1CC1. The average molecular weight is 278 g/mol. The Morgan fingerprint density at radius 1 is 1.40 bits per heavy atom. The van der Waals surface area contributed by atoms with Crippen molar-refractivity contribution in [1.29, 1.82) is 0 Å². The molecular formula is C13H14N2O5. The Hall–Kier alpha value is -2.57. The first kappa shape index (κ1) is 13.9. The molecule has 0 saturated heterocycles. The molecule has 0 aromatic carbocycles. The number of rotatable bonds is 5. The highest BCUT2D eigenvalue weighted by molar-refractivity contribution is 5.96. The van der Waals surface area contributed by atoms with Crippen molar-refractivity contribution in [3.05, 3.63) is 30.2 Å². The first-order valence-corrected chi connectivity index (χ1v) is 6.12. The second-order valence-corrected chi connectivity index (χ2v) is 4.25. The van der Waals surface area contributed by atoms with Gasteiger partial charge in [0, 0.05) is 12.1 Å². The third kappa shape index (κ3) is 4.97. The number of carbonyl (C=O) groups excluding carboxylic acids is 3. The molecule has 0 aliphatic heterocycles. The summed E-state index contributed by atoms with van der Waals surface area (Å²) in [6, 6.07) is 2.93. The second-order valence-electron chi connectivity index (χ2n) is 4.25. The van der Waals surface area contributed by atoms with Crippen molar-refractivity contribution >= 4 is 24.0 Å². The van der Waals surface area contributed by atoms with Gasteiger partial charge in [-0.05, 0) is 31.1 Å². The molecule has 0 bridgehead atoms. The van der Waals surface area contributed by atoms with Gasteiger partial charge >= 0.3 is 12.0 Å². The molecule has 1 heterocycles. The van der Waals surface area contributed by atoms with Crippen LogP contribution in [0.25, 0.3) is 6.08 Å². The number of nitrogens with one attached hydrogen (secondary N) is 2. The predicted octanol–water partition coefficient (Wildman–Crippen LogP) is 0.824. The van der Waals surface area contributed by atoms with E-state index in [2.05, 4.69) is 15.4 Å². The maximum Gasteiger partial charge on any atom is 0.331 e. The van der Waals surface area contributed by atoms with E-state index in [-0.39, 0.29) is 6.04 Å². The van der Waals surface area contributed by atoms with Gasteiger partial charge in [-0.2, -0.15) is 0 Å². The lowest BCUT2D eigenvalue weighted by molar-refractivity contribution is -0.143. The summed E-state index contributed by atoms with van der Waals surface area (Å²) in [5.74, 6) is -0.878. The molecule has 0 radical (unpaired) electrons. The van der Waals surface area contributed by atoms with E-state index in [0.29, 0.717) is 5.76 Å². The van der Waals surface area contributed by atoms with E-state index in [1.165, 1.54) is 12.3 Å². The first-order valence-electron chi connectivity index (χ1n) is 6.12. The van der Waals surface area contributed by atoms with Crippen LogP contribution in [0.5, 0.6) is 0 Å². The number of imide groups is 1. The van der Waals surface area contributed by atoms with Gasteiger partial charge in [0.15, 0.2) is 6.61 Å². The summed E-state index contributed by atoms with van der Waals surface area (Å²) < 4.78 is 9.64. The maximum atomic E-state index is 11.3. The van der Waals surface area contributed by atoms with Gasteiger partial charge in [0.25, 0.3) is 5.91 Å². The van der Waals surface area contributed by atoms with E-state index < -0.39 is 24.5 Å². The molecule has 2 rings (SSSR count). The molecule has 7 heteroatoms. The van der Waals surface area contributed by atoms with Crippen LogP contribution < -0.4 is 10.6 Å². The molecule has 2 N–H and O–H groups in total. The maximum absolute atomic E-state index is 11.3. The van der Waals surface area contributed by atoms with E-state index in [1.54, 1.807) is 12.1 Å². The minimum Gasteiger partial charge on any atom is -0.465 e. The van der Waals surface area contributed by atoms with Crippen LogP contribution in [0.4, 0.5) is 4.79 Å². The van der Waals surface area contributed by atoms with Crippen LogP contribution >= 0.6 is 0 Å². The van der Waals surface area contributed by atoms with Gasteiger partial charge in [-0.25, -0.2) is 9.59 Å². The first-order chi connectivity index (χ1) is 9.63. The Bertz CT molecular complexity index is 517. The number of hydrogen-bond acceptors (Lipinski definition) is 5. The Balaban J connectivity index is 1.64. The molecule has 1 aliphatic carbocycles. The highest BCUT2D eigenvalue weighted by Gasteiger charge is 2.23. The number of furan rings is 1. The van der Waals surface area contributed by atoms with E-state index in [9.17, 15) is 14.4 Å². The Morgan fingerprint density at radius 3 is 2.85 bits per heavy atom. The Labute approximate surface area is 115 Å². The lowest BCUT2D eigenvalue weighted by Gasteiger charge is -2.05. The van der Waals surface area contributed by atoms with Crippen LogP contribution in [0.1, 0.15) is 18.6 Å². The highest BCUT2D eigenvalue weighted by Crippen LogP contribution is 2.18. The summed E-state index contributed by atoms with van der Waals surface area (Å²) in [6.07, 6.45) is 5.87. The molecule has 0 atom stereocenters. The summed E-state index contributed by atoms with van der Waals surface area (Å²) in [7, 11) is 0. The van der Waals surface area contributed by atoms with Crippen molar-refractivity contribution in [1.82, 2.24) is 10.6 Å². The van der Waals surface area contributed by atoms with Crippen LogP contribution in [-0.4, -0.2) is 30.6 Å². The van der Waals surface area contributed by atoms with Crippen LogP contribution in [0.15, 0.2) is 28.9 Å². The number of esters is 1. The summed E-state index contributed by atoms with van der Waals surface area (Å²) in [4.78, 5) is 33.8. The number of amides is 3. The monoisotopic (exact) mass is 278 g/mol. The summed E-state index contributed by atoms with van der Waals surface area (Å²) >= 11 is 0. The lowest BCUT2D eigenvalue weighted by atomic mass is 10.4. The topological polar surface area (TPSA) is 97.6 Å². The van der Waals surface area contributed by atoms with Gasteiger partial charge in [-0.15, -0.1) is 0 Å². The molecule has 0 unspecified atom stereocenters. The van der Waals surface area contributed by atoms with Crippen LogP contribution in [0.2, 0.25) is 0 Å². The van der Waals surface area contributed by atoms with Gasteiger partial charge in [0.2, 0.25) is 0 Å². The van der Waals surface area contributed by atoms with Crippen molar-refractivity contribution in [2.75, 3.05) is 6.61 Å². The summed E-state index contributed by atoms with van der Waals surface area (Å²) in [5.41, 5.74) is 0. The molecule has 0 spiro atoms. The van der Waals surface area contributed by atoms with Gasteiger partial charge in [0.05, 0.1) is 6.26 Å². The fraction of sp³-hybridized carbons (Fsp3) is 0.308. The van der Waals surface area contributed by atoms with Gasteiger partial charge in [-0.1, -0.05) is 0 Å². The standard InChI is InChI=1S/C13H14N2O5/c16-11(15-13(18)14-9-3-4-9)8-20-12(17)6-5-10-2-1-7-19-10/h1-2,5-7,9H,3-4,8H2,(H2,14,15,16,18)/b6-5+. The normalized spacial score (nSPS) is 14.0. The van der Waals surface area contributed by atoms with E-state index in [0.717, 1.165) is 18.9 Å². The molecule has 1 aromatic heterocycles. The molecule has 1 fully saturated rings. The molecule has 1 aromatic rings. The van der Waals surface area contributed by atoms with Crippen LogP contribution in [-0.2, 0) is 14.3 Å². The van der Waals surface area contributed by atoms with Crippen molar-refractivity contribution in [3.8, 4) is 0 Å². The summed E-state index contributed by atoms with van der Waals surface area (Å²) in [5, 5.41) is 4.65. The molecule has 1 aliphatic rings. The Morgan fingerprint density at radius 2 is 2.20 bits per heavy atom. The fourth-order valence-corrected chi connectivity index (χ4v) is 1.33. The van der Waals surface area contributed by atoms with Gasteiger partial charge in [-0.3, -0.25) is 10.1 Å². The summed E-state index contributed by atoms with van der Waals surface area (Å²) in [6.45, 7) is -0.514. The zero-order chi connectivity index (χ0) is 14.4. The van der Waals surface area contributed by atoms with Crippen molar-refractivity contribution in [3.63, 3.8) is 0 Å². The molecule has 1 saturated carbocycles. The van der Waals surface area contributed by atoms with Gasteiger partial charge < -0.3 is 14.5 Å². The third-order valence-corrected chi connectivity index (χ3v) is 2.44. The van der Waals surface area contributed by atoms with E-state index in [1.807, 2.05) is 0 Å². The molecule has 7 nitrogen and oxygen atoms in total. The average Bonchev–Trinajstić information content (AvgIpc) is 3.06. The van der Waals surface area contributed by atoms with E-state index >= 15 is 0 Å². The third-order valence-electron chi connectivity index (χ3n) is 2.44. The minimum absolute atomic E-state index is 0.154. The van der Waals surface area contributed by atoms with Gasteiger partial charge in [0.1, 0.15) is 5.76 Å². The van der Waals surface area contributed by atoms with E-state index in [4.69, 9.17) is 4.42 Å². The fourth-order valence-electron chi connectivity index (χ4n) is 1.33. The van der Waals surface area contributed by atoms with Crippen molar-refractivity contribution in [2.24, 2.45) is 0 Å². The van der Waals surface area contributed by atoms with Crippen molar-refractivity contribution in [2.45, 2.75) is 18.9 Å². The number of ether oxygens (including phenoxy) is 1. The highest BCUT2D eigenvalue weighted by atomic mass is 16.5.